The Morgan fingerprint density at radius 2 is 2.00 bits per heavy atom. The zero-order valence-electron chi connectivity index (χ0n) is 7.70. The third kappa shape index (κ3) is 2.90. The number of aliphatic carboxylic acids is 1. The van der Waals surface area contributed by atoms with E-state index in [9.17, 15) is 9.59 Å². The van der Waals surface area contributed by atoms with E-state index in [1.54, 1.807) is 0 Å². The molecule has 0 aliphatic carbocycles. The van der Waals surface area contributed by atoms with Gasteiger partial charge in [-0.25, -0.2) is 4.79 Å². The molecule has 0 saturated heterocycles. The average molecular weight is 173 g/mol. The van der Waals surface area contributed by atoms with E-state index in [-0.39, 0.29) is 5.91 Å². The van der Waals surface area contributed by atoms with E-state index >= 15 is 0 Å². The first-order valence-corrected chi connectivity index (χ1v) is 3.99. The van der Waals surface area contributed by atoms with Crippen molar-refractivity contribution in [2.75, 3.05) is 7.05 Å². The molecule has 0 radical (unpaired) electrons. The molecule has 0 spiro atoms. The first-order chi connectivity index (χ1) is 5.50. The second-order valence-electron chi connectivity index (χ2n) is 2.77. The van der Waals surface area contributed by atoms with Crippen LogP contribution in [0.1, 0.15) is 26.7 Å². The summed E-state index contributed by atoms with van der Waals surface area (Å²) in [6.07, 6.45) is 1.16. The molecule has 0 aliphatic rings. The van der Waals surface area contributed by atoms with Crippen LogP contribution < -0.4 is 0 Å². The van der Waals surface area contributed by atoms with Crippen molar-refractivity contribution < 1.29 is 14.7 Å². The van der Waals surface area contributed by atoms with E-state index in [1.807, 2.05) is 6.92 Å². The van der Waals surface area contributed by atoms with Gasteiger partial charge in [-0.1, -0.05) is 6.92 Å². The van der Waals surface area contributed by atoms with Crippen LogP contribution in [0, 0.1) is 0 Å². The van der Waals surface area contributed by atoms with Gasteiger partial charge in [0.05, 0.1) is 0 Å². The minimum atomic E-state index is -0.970. The van der Waals surface area contributed by atoms with Crippen LogP contribution in [-0.4, -0.2) is 35.0 Å². The van der Waals surface area contributed by atoms with Gasteiger partial charge in [0.2, 0.25) is 5.91 Å². The van der Waals surface area contributed by atoms with E-state index in [1.165, 1.54) is 18.9 Å². The number of rotatable bonds is 4. The molecule has 0 rings (SSSR count). The lowest BCUT2D eigenvalue weighted by atomic mass is 10.2. The summed E-state index contributed by atoms with van der Waals surface area (Å²) in [6, 6.07) is -0.732. The number of hydrogen-bond acceptors (Lipinski definition) is 2. The third-order valence-electron chi connectivity index (χ3n) is 1.80. The Kier molecular flexibility index (Phi) is 4.33. The molecule has 1 atom stereocenters. The molecule has 0 bridgehead atoms. The fourth-order valence-corrected chi connectivity index (χ4v) is 0.772. The smallest absolute Gasteiger partial charge is 0.326 e. The molecule has 12 heavy (non-hydrogen) atoms. The lowest BCUT2D eigenvalue weighted by Gasteiger charge is -2.20. The minimum absolute atomic E-state index is 0.118. The fraction of sp³-hybridized carbons (Fsp3) is 0.750. The number of carboxylic acid groups (broad SMARTS) is 1. The standard InChI is InChI=1S/C8H15NO3/c1-4-5-7(10)9(3)6(2)8(11)12/h6H,4-5H2,1-3H3,(H,11,12). The van der Waals surface area contributed by atoms with Crippen LogP contribution in [-0.2, 0) is 9.59 Å². The van der Waals surface area contributed by atoms with Gasteiger partial charge in [-0.05, 0) is 13.3 Å². The average Bonchev–Trinajstić information content (AvgIpc) is 2.02. The largest absolute Gasteiger partial charge is 0.480 e. The van der Waals surface area contributed by atoms with Crippen LogP contribution in [0.3, 0.4) is 0 Å². The van der Waals surface area contributed by atoms with Crippen molar-refractivity contribution in [2.45, 2.75) is 32.7 Å². The molecule has 1 N–H and O–H groups in total. The van der Waals surface area contributed by atoms with Gasteiger partial charge < -0.3 is 10.0 Å². The Labute approximate surface area is 72.2 Å². The number of amides is 1. The van der Waals surface area contributed by atoms with Crippen LogP contribution >= 0.6 is 0 Å². The highest BCUT2D eigenvalue weighted by Gasteiger charge is 2.20. The summed E-state index contributed by atoms with van der Waals surface area (Å²) >= 11 is 0. The zero-order chi connectivity index (χ0) is 9.72. The molecule has 0 aromatic heterocycles. The Morgan fingerprint density at radius 1 is 1.50 bits per heavy atom. The normalized spacial score (nSPS) is 12.2. The van der Waals surface area contributed by atoms with Crippen molar-refractivity contribution in [1.29, 1.82) is 0 Å². The van der Waals surface area contributed by atoms with Gasteiger partial charge in [0.1, 0.15) is 6.04 Å². The molecule has 0 heterocycles. The molecule has 4 heteroatoms. The number of nitrogens with zero attached hydrogens (tertiary/aromatic N) is 1. The highest BCUT2D eigenvalue weighted by atomic mass is 16.4. The van der Waals surface area contributed by atoms with Crippen LogP contribution in [0.5, 0.6) is 0 Å². The molecule has 0 fully saturated rings. The van der Waals surface area contributed by atoms with E-state index in [4.69, 9.17) is 5.11 Å². The van der Waals surface area contributed by atoms with Crippen LogP contribution in [0.4, 0.5) is 0 Å². The molecule has 0 saturated carbocycles. The summed E-state index contributed by atoms with van der Waals surface area (Å²) in [7, 11) is 1.51. The maximum atomic E-state index is 11.2. The number of likely N-dealkylation sites (N-methyl/N-ethyl adjacent to an activating group) is 1. The molecular formula is C8H15NO3. The summed E-state index contributed by atoms with van der Waals surface area (Å²) in [5, 5.41) is 8.58. The summed E-state index contributed by atoms with van der Waals surface area (Å²) in [5.74, 6) is -1.09. The molecule has 0 aromatic carbocycles. The van der Waals surface area contributed by atoms with Gasteiger partial charge in [0.25, 0.3) is 0 Å². The highest BCUT2D eigenvalue weighted by molar-refractivity contribution is 5.83. The third-order valence-corrected chi connectivity index (χ3v) is 1.80. The molecule has 0 aromatic rings. The Hall–Kier alpha value is -1.06. The number of carbonyl (C=O) groups excluding carboxylic acids is 1. The van der Waals surface area contributed by atoms with Gasteiger partial charge in [-0.2, -0.15) is 0 Å². The monoisotopic (exact) mass is 173 g/mol. The summed E-state index contributed by atoms with van der Waals surface area (Å²) < 4.78 is 0. The predicted octanol–water partition coefficient (Wildman–Crippen LogP) is 0.718. The molecular weight excluding hydrogens is 158 g/mol. The molecule has 1 unspecified atom stereocenters. The van der Waals surface area contributed by atoms with Gasteiger partial charge in [0, 0.05) is 13.5 Å². The first-order valence-electron chi connectivity index (χ1n) is 3.99. The van der Waals surface area contributed by atoms with Crippen molar-refractivity contribution in [1.82, 2.24) is 4.90 Å². The van der Waals surface area contributed by atoms with Gasteiger partial charge in [-0.3, -0.25) is 4.79 Å². The summed E-state index contributed by atoms with van der Waals surface area (Å²) in [4.78, 5) is 22.9. The maximum absolute atomic E-state index is 11.2. The van der Waals surface area contributed by atoms with E-state index in [0.717, 1.165) is 6.42 Å². The number of hydrogen-bond donors (Lipinski definition) is 1. The van der Waals surface area contributed by atoms with E-state index in [2.05, 4.69) is 0 Å². The number of carboxylic acids is 1. The lowest BCUT2D eigenvalue weighted by Crippen LogP contribution is -2.40. The van der Waals surface area contributed by atoms with E-state index < -0.39 is 12.0 Å². The SMILES string of the molecule is CCCC(=O)N(C)C(C)C(=O)O. The van der Waals surface area contributed by atoms with Crippen molar-refractivity contribution in [3.8, 4) is 0 Å². The molecule has 0 aliphatic heterocycles. The Morgan fingerprint density at radius 3 is 2.33 bits per heavy atom. The molecule has 70 valence electrons. The quantitative estimate of drug-likeness (QED) is 0.681. The second-order valence-corrected chi connectivity index (χ2v) is 2.77. The van der Waals surface area contributed by atoms with Crippen LogP contribution in [0.25, 0.3) is 0 Å². The summed E-state index contributed by atoms with van der Waals surface area (Å²) in [5.41, 5.74) is 0. The fourth-order valence-electron chi connectivity index (χ4n) is 0.772. The van der Waals surface area contributed by atoms with Gasteiger partial charge >= 0.3 is 5.97 Å². The predicted molar refractivity (Wildman–Crippen MR) is 44.8 cm³/mol. The van der Waals surface area contributed by atoms with Crippen molar-refractivity contribution in [3.63, 3.8) is 0 Å². The van der Waals surface area contributed by atoms with Crippen molar-refractivity contribution in [3.05, 3.63) is 0 Å². The minimum Gasteiger partial charge on any atom is -0.480 e. The van der Waals surface area contributed by atoms with Crippen molar-refractivity contribution in [2.24, 2.45) is 0 Å². The van der Waals surface area contributed by atoms with Gasteiger partial charge in [0.15, 0.2) is 0 Å². The first kappa shape index (κ1) is 10.9. The lowest BCUT2D eigenvalue weighted by molar-refractivity contribution is -0.148. The zero-order valence-corrected chi connectivity index (χ0v) is 7.70. The van der Waals surface area contributed by atoms with Crippen LogP contribution in [0.2, 0.25) is 0 Å². The summed E-state index contributed by atoms with van der Waals surface area (Å²) in [6.45, 7) is 3.38. The topological polar surface area (TPSA) is 57.6 Å². The highest BCUT2D eigenvalue weighted by Crippen LogP contribution is 2.00. The van der Waals surface area contributed by atoms with Crippen molar-refractivity contribution >= 4 is 11.9 Å². The Balaban J connectivity index is 4.09. The number of carbonyl (C=O) groups is 2. The van der Waals surface area contributed by atoms with Gasteiger partial charge in [-0.15, -0.1) is 0 Å². The maximum Gasteiger partial charge on any atom is 0.326 e. The molecule has 4 nitrogen and oxygen atoms in total. The molecule has 1 amide bonds. The Bertz CT molecular complexity index is 179. The van der Waals surface area contributed by atoms with Crippen LogP contribution in [0.15, 0.2) is 0 Å². The van der Waals surface area contributed by atoms with E-state index in [0.29, 0.717) is 6.42 Å². The second kappa shape index (κ2) is 4.74.